The fourth-order valence-electron chi connectivity index (χ4n) is 2.26. The molecule has 2 heterocycles. The molecule has 5 heteroatoms. The van der Waals surface area contributed by atoms with Crippen LogP contribution in [-0.4, -0.2) is 9.78 Å². The lowest BCUT2D eigenvalue weighted by Crippen LogP contribution is -2.28. The van der Waals surface area contributed by atoms with E-state index in [-0.39, 0.29) is 6.04 Å². The van der Waals surface area contributed by atoms with E-state index in [4.69, 9.17) is 10.3 Å². The first-order valence-corrected chi connectivity index (χ1v) is 6.12. The average Bonchev–Trinajstić information content (AvgIpc) is 2.96. The lowest BCUT2D eigenvalue weighted by Gasteiger charge is -2.10. The number of aromatic nitrogens is 2. The van der Waals surface area contributed by atoms with E-state index < -0.39 is 0 Å². The zero-order chi connectivity index (χ0) is 13.4. The summed E-state index contributed by atoms with van der Waals surface area (Å²) in [5.74, 6) is 6.44. The first-order valence-electron chi connectivity index (χ1n) is 6.12. The van der Waals surface area contributed by atoms with Crippen LogP contribution in [0.1, 0.15) is 22.9 Å². The average molecular weight is 256 g/mol. The second kappa shape index (κ2) is 4.53. The summed E-state index contributed by atoms with van der Waals surface area (Å²) >= 11 is 0. The minimum Gasteiger partial charge on any atom is -0.459 e. The van der Waals surface area contributed by atoms with Gasteiger partial charge in [0.05, 0.1) is 6.20 Å². The van der Waals surface area contributed by atoms with Gasteiger partial charge in [-0.15, -0.1) is 0 Å². The van der Waals surface area contributed by atoms with E-state index in [9.17, 15) is 0 Å². The second-order valence-electron chi connectivity index (χ2n) is 4.74. The molecule has 1 atom stereocenters. The molecule has 0 spiro atoms. The summed E-state index contributed by atoms with van der Waals surface area (Å²) in [6, 6.07) is 7.93. The molecule has 19 heavy (non-hydrogen) atoms. The van der Waals surface area contributed by atoms with Gasteiger partial charge in [0.1, 0.15) is 17.4 Å². The minimum absolute atomic E-state index is 0.193. The van der Waals surface area contributed by atoms with Gasteiger partial charge in [-0.3, -0.25) is 10.5 Å². The summed E-state index contributed by atoms with van der Waals surface area (Å²) in [7, 11) is 1.87. The fourth-order valence-corrected chi connectivity index (χ4v) is 2.26. The Morgan fingerprint density at radius 2 is 2.21 bits per heavy atom. The summed E-state index contributed by atoms with van der Waals surface area (Å²) in [4.78, 5) is 0. The van der Waals surface area contributed by atoms with Crippen molar-refractivity contribution >= 4 is 11.0 Å². The Hall–Kier alpha value is -2.11. The molecule has 0 saturated heterocycles. The maximum atomic E-state index is 5.86. The molecule has 0 aliphatic carbocycles. The number of fused-ring (bicyclic) bond motifs is 1. The maximum Gasteiger partial charge on any atom is 0.134 e. The predicted molar refractivity (Wildman–Crippen MR) is 73.3 cm³/mol. The molecule has 0 saturated carbocycles. The lowest BCUT2D eigenvalue weighted by atomic mass is 10.1. The number of hydrogen-bond donors (Lipinski definition) is 2. The van der Waals surface area contributed by atoms with Crippen LogP contribution in [0.2, 0.25) is 0 Å². The van der Waals surface area contributed by atoms with E-state index in [1.807, 2.05) is 31.4 Å². The van der Waals surface area contributed by atoms with Gasteiger partial charge in [-0.1, -0.05) is 11.6 Å². The standard InChI is InChI=1S/C14H16N4O/c1-9-3-4-12-10(5-9)6-13(19-12)14(17-15)11-7-16-18(2)8-11/h3-8,14,17H,15H2,1-2H3. The molecule has 0 bridgehead atoms. The molecule has 3 aromatic rings. The Bertz CT molecular complexity index is 713. The Balaban J connectivity index is 2.06. The third kappa shape index (κ3) is 2.14. The topological polar surface area (TPSA) is 69.0 Å². The van der Waals surface area contributed by atoms with Gasteiger partial charge in [-0.25, -0.2) is 5.43 Å². The van der Waals surface area contributed by atoms with Crippen molar-refractivity contribution in [2.24, 2.45) is 12.9 Å². The lowest BCUT2D eigenvalue weighted by molar-refractivity contribution is 0.477. The summed E-state index contributed by atoms with van der Waals surface area (Å²) in [6.45, 7) is 2.06. The predicted octanol–water partition coefficient (Wildman–Crippen LogP) is 2.03. The maximum absolute atomic E-state index is 5.86. The van der Waals surface area contributed by atoms with Crippen molar-refractivity contribution in [2.45, 2.75) is 13.0 Å². The fraction of sp³-hybridized carbons (Fsp3) is 0.214. The molecule has 3 N–H and O–H groups in total. The highest BCUT2D eigenvalue weighted by Crippen LogP contribution is 2.28. The number of nitrogens with one attached hydrogen (secondary N) is 1. The van der Waals surface area contributed by atoms with Crippen LogP contribution in [0.5, 0.6) is 0 Å². The van der Waals surface area contributed by atoms with E-state index in [1.54, 1.807) is 10.9 Å². The van der Waals surface area contributed by atoms with Gasteiger partial charge >= 0.3 is 0 Å². The van der Waals surface area contributed by atoms with Crippen LogP contribution in [0.15, 0.2) is 41.1 Å². The third-order valence-electron chi connectivity index (χ3n) is 3.20. The quantitative estimate of drug-likeness (QED) is 0.555. The number of aryl methyl sites for hydroxylation is 2. The highest BCUT2D eigenvalue weighted by molar-refractivity contribution is 5.78. The van der Waals surface area contributed by atoms with Crippen molar-refractivity contribution in [3.05, 3.63) is 53.5 Å². The normalized spacial score (nSPS) is 13.0. The Morgan fingerprint density at radius 1 is 1.37 bits per heavy atom. The number of hydrazine groups is 1. The van der Waals surface area contributed by atoms with Crippen LogP contribution in [0.25, 0.3) is 11.0 Å². The van der Waals surface area contributed by atoms with E-state index >= 15 is 0 Å². The minimum atomic E-state index is -0.193. The van der Waals surface area contributed by atoms with Gasteiger partial charge in [0.15, 0.2) is 0 Å². The summed E-state index contributed by atoms with van der Waals surface area (Å²) in [6.07, 6.45) is 3.70. The second-order valence-corrected chi connectivity index (χ2v) is 4.74. The van der Waals surface area contributed by atoms with Gasteiger partial charge in [0.2, 0.25) is 0 Å². The molecule has 0 amide bonds. The highest BCUT2D eigenvalue weighted by atomic mass is 16.3. The van der Waals surface area contributed by atoms with E-state index in [0.29, 0.717) is 0 Å². The number of nitrogens with two attached hydrogens (primary N) is 1. The smallest absolute Gasteiger partial charge is 0.134 e. The van der Waals surface area contributed by atoms with Gasteiger partial charge < -0.3 is 4.42 Å². The molecule has 2 aromatic heterocycles. The first-order chi connectivity index (χ1) is 9.17. The number of nitrogens with zero attached hydrogens (tertiary/aromatic N) is 2. The SMILES string of the molecule is Cc1ccc2oc(C(NN)c3cnn(C)c3)cc2c1. The number of benzene rings is 1. The molecule has 0 aliphatic heterocycles. The van der Waals surface area contributed by atoms with E-state index in [2.05, 4.69) is 23.5 Å². The largest absolute Gasteiger partial charge is 0.459 e. The van der Waals surface area contributed by atoms with Crippen molar-refractivity contribution in [1.29, 1.82) is 0 Å². The van der Waals surface area contributed by atoms with Crippen molar-refractivity contribution < 1.29 is 4.42 Å². The Labute approximate surface area is 111 Å². The molecular weight excluding hydrogens is 240 g/mol. The molecule has 0 aliphatic rings. The van der Waals surface area contributed by atoms with Crippen LogP contribution < -0.4 is 11.3 Å². The molecule has 0 fully saturated rings. The Kier molecular flexibility index (Phi) is 2.85. The van der Waals surface area contributed by atoms with Gasteiger partial charge in [0.25, 0.3) is 0 Å². The molecule has 3 rings (SSSR count). The van der Waals surface area contributed by atoms with Gasteiger partial charge in [0, 0.05) is 24.2 Å². The van der Waals surface area contributed by atoms with Crippen LogP contribution in [-0.2, 0) is 7.05 Å². The molecule has 1 unspecified atom stereocenters. The van der Waals surface area contributed by atoms with Crippen molar-refractivity contribution in [3.8, 4) is 0 Å². The van der Waals surface area contributed by atoms with Crippen LogP contribution in [0.4, 0.5) is 0 Å². The monoisotopic (exact) mass is 256 g/mol. The molecule has 1 aromatic carbocycles. The highest BCUT2D eigenvalue weighted by Gasteiger charge is 2.18. The zero-order valence-electron chi connectivity index (χ0n) is 10.9. The summed E-state index contributed by atoms with van der Waals surface area (Å²) in [5, 5.41) is 5.24. The van der Waals surface area contributed by atoms with E-state index in [1.165, 1.54) is 5.56 Å². The van der Waals surface area contributed by atoms with Crippen LogP contribution in [0, 0.1) is 6.92 Å². The number of rotatable bonds is 3. The number of hydrogen-bond acceptors (Lipinski definition) is 4. The van der Waals surface area contributed by atoms with Crippen molar-refractivity contribution in [1.82, 2.24) is 15.2 Å². The molecule has 0 radical (unpaired) electrons. The Morgan fingerprint density at radius 3 is 2.89 bits per heavy atom. The zero-order valence-corrected chi connectivity index (χ0v) is 10.9. The summed E-state index contributed by atoms with van der Waals surface area (Å²) in [5.41, 5.74) is 5.82. The van der Waals surface area contributed by atoms with Crippen LogP contribution in [0.3, 0.4) is 0 Å². The summed E-state index contributed by atoms with van der Waals surface area (Å²) < 4.78 is 7.60. The third-order valence-corrected chi connectivity index (χ3v) is 3.20. The van der Waals surface area contributed by atoms with Crippen molar-refractivity contribution in [2.75, 3.05) is 0 Å². The molecular formula is C14H16N4O. The van der Waals surface area contributed by atoms with Gasteiger partial charge in [-0.05, 0) is 25.1 Å². The van der Waals surface area contributed by atoms with E-state index in [0.717, 1.165) is 22.3 Å². The van der Waals surface area contributed by atoms with Crippen molar-refractivity contribution in [3.63, 3.8) is 0 Å². The van der Waals surface area contributed by atoms with Crippen LogP contribution >= 0.6 is 0 Å². The molecule has 98 valence electrons. The van der Waals surface area contributed by atoms with Gasteiger partial charge in [-0.2, -0.15) is 5.10 Å². The first kappa shape index (κ1) is 12.0. The number of furan rings is 1. The molecule has 5 nitrogen and oxygen atoms in total.